The van der Waals surface area contributed by atoms with Crippen molar-refractivity contribution in [2.45, 2.75) is 25.4 Å². The molecule has 2 N–H and O–H groups in total. The Morgan fingerprint density at radius 2 is 2.39 bits per heavy atom. The van der Waals surface area contributed by atoms with Gasteiger partial charge in [-0.2, -0.15) is 0 Å². The first-order valence-corrected chi connectivity index (χ1v) is 6.80. The average molecular weight is 314 g/mol. The van der Waals surface area contributed by atoms with Crippen LogP contribution in [0.1, 0.15) is 29.6 Å². The van der Waals surface area contributed by atoms with Gasteiger partial charge in [0.1, 0.15) is 0 Å². The summed E-state index contributed by atoms with van der Waals surface area (Å²) in [5.74, 6) is -0.354. The first kappa shape index (κ1) is 13.4. The maximum absolute atomic E-state index is 11.8. The third-order valence-corrected chi connectivity index (χ3v) is 3.83. The molecule has 0 spiro atoms. The van der Waals surface area contributed by atoms with Crippen molar-refractivity contribution >= 4 is 27.6 Å². The minimum Gasteiger partial charge on any atom is -0.462 e. The van der Waals surface area contributed by atoms with Crippen LogP contribution in [0.2, 0.25) is 0 Å². The molecule has 0 aromatic heterocycles. The normalized spacial score (nSPS) is 18.8. The number of nitrogens with two attached hydrogens (primary N) is 1. The molecule has 18 heavy (non-hydrogen) atoms. The van der Waals surface area contributed by atoms with Gasteiger partial charge in [-0.05, 0) is 40.9 Å². The van der Waals surface area contributed by atoms with Gasteiger partial charge < -0.3 is 15.2 Å². The summed E-state index contributed by atoms with van der Waals surface area (Å²) in [4.78, 5) is 11.8. The van der Waals surface area contributed by atoms with Gasteiger partial charge in [0.25, 0.3) is 0 Å². The average Bonchev–Trinajstić information content (AvgIpc) is 2.85. The van der Waals surface area contributed by atoms with E-state index in [-0.39, 0.29) is 12.1 Å². The lowest BCUT2D eigenvalue weighted by atomic mass is 10.2. The molecule has 1 aliphatic heterocycles. The number of hydrogen-bond acceptors (Lipinski definition) is 4. The quantitative estimate of drug-likeness (QED) is 0.686. The van der Waals surface area contributed by atoms with Crippen LogP contribution in [-0.2, 0) is 9.47 Å². The number of hydrogen-bond donors (Lipinski definition) is 1. The molecule has 2 rings (SSSR count). The number of carbonyl (C=O) groups excluding carboxylic acids is 1. The van der Waals surface area contributed by atoms with Crippen molar-refractivity contribution in [3.8, 4) is 0 Å². The first-order valence-electron chi connectivity index (χ1n) is 6.01. The van der Waals surface area contributed by atoms with E-state index in [9.17, 15) is 4.79 Å². The van der Waals surface area contributed by atoms with Crippen LogP contribution in [0.4, 0.5) is 5.69 Å². The molecule has 0 bridgehead atoms. The van der Waals surface area contributed by atoms with E-state index in [1.807, 2.05) is 0 Å². The van der Waals surface area contributed by atoms with Crippen molar-refractivity contribution in [3.63, 3.8) is 0 Å². The molecule has 1 aromatic rings. The minimum atomic E-state index is -0.354. The highest BCUT2D eigenvalue weighted by atomic mass is 79.9. The van der Waals surface area contributed by atoms with Crippen LogP contribution in [-0.4, -0.2) is 25.3 Å². The molecule has 0 saturated carbocycles. The van der Waals surface area contributed by atoms with Gasteiger partial charge in [0.15, 0.2) is 0 Å². The molecule has 4 nitrogen and oxygen atoms in total. The Bertz CT molecular complexity index is 430. The van der Waals surface area contributed by atoms with Gasteiger partial charge in [-0.15, -0.1) is 0 Å². The molecule has 1 saturated heterocycles. The van der Waals surface area contributed by atoms with E-state index < -0.39 is 0 Å². The van der Waals surface area contributed by atoms with Gasteiger partial charge in [0, 0.05) is 18.7 Å². The second-order valence-electron chi connectivity index (χ2n) is 4.27. The van der Waals surface area contributed by atoms with E-state index in [0.717, 1.165) is 25.9 Å². The molecular formula is C13H16BrNO3. The number of benzene rings is 1. The highest BCUT2D eigenvalue weighted by Crippen LogP contribution is 2.24. The van der Waals surface area contributed by atoms with E-state index in [2.05, 4.69) is 15.9 Å². The molecule has 1 heterocycles. The van der Waals surface area contributed by atoms with Crippen molar-refractivity contribution in [2.24, 2.45) is 0 Å². The standard InChI is InChI=1S/C13H16BrNO3/c14-12-10(4-1-5-11(12)15)13(16)18-8-6-9-3-2-7-17-9/h1,4-5,9H,2-3,6-8,15H2. The fourth-order valence-corrected chi connectivity index (χ4v) is 2.37. The highest BCUT2D eigenvalue weighted by molar-refractivity contribution is 9.10. The predicted octanol–water partition coefficient (Wildman–Crippen LogP) is 2.76. The van der Waals surface area contributed by atoms with Gasteiger partial charge in [0.2, 0.25) is 0 Å². The van der Waals surface area contributed by atoms with E-state index in [0.29, 0.717) is 22.3 Å². The monoisotopic (exact) mass is 313 g/mol. The predicted molar refractivity (Wildman–Crippen MR) is 72.4 cm³/mol. The lowest BCUT2D eigenvalue weighted by Crippen LogP contribution is -2.13. The van der Waals surface area contributed by atoms with Crippen LogP contribution < -0.4 is 5.73 Å². The molecule has 1 unspecified atom stereocenters. The van der Waals surface area contributed by atoms with Gasteiger partial charge in [0.05, 0.1) is 22.7 Å². The number of carbonyl (C=O) groups is 1. The number of esters is 1. The number of nitrogen functional groups attached to an aromatic ring is 1. The Morgan fingerprint density at radius 1 is 1.56 bits per heavy atom. The summed E-state index contributed by atoms with van der Waals surface area (Å²) in [6.07, 6.45) is 3.15. The van der Waals surface area contributed by atoms with Crippen LogP contribution in [0.3, 0.4) is 0 Å². The van der Waals surface area contributed by atoms with Crippen LogP contribution in [0.15, 0.2) is 22.7 Å². The molecule has 1 aliphatic rings. The van der Waals surface area contributed by atoms with Crippen molar-refractivity contribution < 1.29 is 14.3 Å². The lowest BCUT2D eigenvalue weighted by Gasteiger charge is -2.10. The SMILES string of the molecule is Nc1cccc(C(=O)OCCC2CCCO2)c1Br. The number of halogens is 1. The van der Waals surface area contributed by atoms with Crippen LogP contribution in [0, 0.1) is 0 Å². The maximum Gasteiger partial charge on any atom is 0.339 e. The Morgan fingerprint density at radius 3 is 3.11 bits per heavy atom. The first-order chi connectivity index (χ1) is 8.68. The molecule has 5 heteroatoms. The van der Waals surface area contributed by atoms with Gasteiger partial charge in [-0.3, -0.25) is 0 Å². The van der Waals surface area contributed by atoms with Crippen molar-refractivity contribution in [1.82, 2.24) is 0 Å². The minimum absolute atomic E-state index is 0.238. The molecule has 1 aromatic carbocycles. The van der Waals surface area contributed by atoms with Crippen LogP contribution in [0.5, 0.6) is 0 Å². The largest absolute Gasteiger partial charge is 0.462 e. The molecule has 0 radical (unpaired) electrons. The van der Waals surface area contributed by atoms with Crippen LogP contribution >= 0.6 is 15.9 Å². The van der Waals surface area contributed by atoms with E-state index in [1.165, 1.54) is 0 Å². The summed E-state index contributed by atoms with van der Waals surface area (Å²) in [7, 11) is 0. The zero-order valence-electron chi connectivity index (χ0n) is 10.0. The summed E-state index contributed by atoms with van der Waals surface area (Å²) in [6.45, 7) is 1.20. The molecule has 98 valence electrons. The number of ether oxygens (including phenoxy) is 2. The second kappa shape index (κ2) is 6.20. The Labute approximate surface area is 115 Å². The second-order valence-corrected chi connectivity index (χ2v) is 5.06. The topological polar surface area (TPSA) is 61.6 Å². The number of anilines is 1. The highest BCUT2D eigenvalue weighted by Gasteiger charge is 2.17. The summed E-state index contributed by atoms with van der Waals surface area (Å²) in [5, 5.41) is 0. The summed E-state index contributed by atoms with van der Waals surface area (Å²) >= 11 is 3.29. The summed E-state index contributed by atoms with van der Waals surface area (Å²) < 4.78 is 11.3. The lowest BCUT2D eigenvalue weighted by molar-refractivity contribution is 0.0385. The molecule has 1 fully saturated rings. The van der Waals surface area contributed by atoms with E-state index in [4.69, 9.17) is 15.2 Å². The van der Waals surface area contributed by atoms with Gasteiger partial charge in [-0.25, -0.2) is 4.79 Å². The fourth-order valence-electron chi connectivity index (χ4n) is 1.94. The van der Waals surface area contributed by atoms with Gasteiger partial charge >= 0.3 is 5.97 Å². The molecular weight excluding hydrogens is 298 g/mol. The summed E-state index contributed by atoms with van der Waals surface area (Å²) in [5.41, 5.74) is 6.70. The van der Waals surface area contributed by atoms with Crippen molar-refractivity contribution in [3.05, 3.63) is 28.2 Å². The van der Waals surface area contributed by atoms with Crippen molar-refractivity contribution in [2.75, 3.05) is 18.9 Å². The van der Waals surface area contributed by atoms with Crippen molar-refractivity contribution in [1.29, 1.82) is 0 Å². The van der Waals surface area contributed by atoms with Gasteiger partial charge in [-0.1, -0.05) is 6.07 Å². The molecule has 0 amide bonds. The molecule has 1 atom stereocenters. The Hall–Kier alpha value is -1.07. The number of rotatable bonds is 4. The fraction of sp³-hybridized carbons (Fsp3) is 0.462. The third kappa shape index (κ3) is 3.23. The smallest absolute Gasteiger partial charge is 0.339 e. The Balaban J connectivity index is 1.85. The maximum atomic E-state index is 11.8. The van der Waals surface area contributed by atoms with Crippen LogP contribution in [0.25, 0.3) is 0 Å². The summed E-state index contributed by atoms with van der Waals surface area (Å²) in [6, 6.07) is 5.15. The van der Waals surface area contributed by atoms with E-state index in [1.54, 1.807) is 18.2 Å². The zero-order chi connectivity index (χ0) is 13.0. The molecule has 0 aliphatic carbocycles. The van der Waals surface area contributed by atoms with E-state index >= 15 is 0 Å². The third-order valence-electron chi connectivity index (χ3n) is 2.95. The Kier molecular flexibility index (Phi) is 4.60. The zero-order valence-corrected chi connectivity index (χ0v) is 11.6.